The summed E-state index contributed by atoms with van der Waals surface area (Å²) in [4.78, 5) is 0. The predicted octanol–water partition coefficient (Wildman–Crippen LogP) is 1.71. The number of para-hydroxylation sites is 1. The summed E-state index contributed by atoms with van der Waals surface area (Å²) < 4.78 is 5.16. The van der Waals surface area contributed by atoms with Gasteiger partial charge in [0.15, 0.2) is 5.11 Å². The van der Waals surface area contributed by atoms with Gasteiger partial charge in [0.2, 0.25) is 0 Å². The molecule has 0 aromatic heterocycles. The first-order valence-corrected chi connectivity index (χ1v) is 6.69. The van der Waals surface area contributed by atoms with E-state index in [1.807, 2.05) is 48.5 Å². The molecular formula is C14H13BN2O2S. The normalized spacial score (nSPS) is 12.9. The topological polar surface area (TPSA) is 53.5 Å². The molecule has 1 aliphatic heterocycles. The first kappa shape index (κ1) is 13.1. The molecule has 0 fully saturated rings. The van der Waals surface area contributed by atoms with Crippen LogP contribution < -0.4 is 16.1 Å². The highest BCUT2D eigenvalue weighted by atomic mass is 32.1. The Morgan fingerprint density at radius 1 is 1.10 bits per heavy atom. The van der Waals surface area contributed by atoms with Gasteiger partial charge >= 0.3 is 7.12 Å². The standard InChI is InChI=1S/C14H13BN2O2S/c18-15-13-8-12(7-6-10(13)9-19-15)17-14(20)16-11-4-2-1-3-5-11/h1-8,18H,9H2,(H2,16,17,20). The molecule has 0 aliphatic carbocycles. The van der Waals surface area contributed by atoms with Gasteiger partial charge in [-0.3, -0.25) is 0 Å². The summed E-state index contributed by atoms with van der Waals surface area (Å²) in [5.41, 5.74) is 3.54. The molecular weight excluding hydrogens is 271 g/mol. The average Bonchev–Trinajstić information content (AvgIpc) is 2.81. The molecule has 0 amide bonds. The van der Waals surface area contributed by atoms with Gasteiger partial charge in [-0.2, -0.15) is 0 Å². The Morgan fingerprint density at radius 3 is 2.65 bits per heavy atom. The van der Waals surface area contributed by atoms with Crippen LogP contribution in [0.4, 0.5) is 11.4 Å². The lowest BCUT2D eigenvalue weighted by Gasteiger charge is -2.11. The number of benzene rings is 2. The van der Waals surface area contributed by atoms with Crippen LogP contribution in [-0.2, 0) is 11.3 Å². The van der Waals surface area contributed by atoms with Crippen LogP contribution in [0.1, 0.15) is 5.56 Å². The Bertz CT molecular complexity index is 636. The molecule has 3 rings (SSSR count). The van der Waals surface area contributed by atoms with Crippen LogP contribution in [0, 0.1) is 0 Å². The summed E-state index contributed by atoms with van der Waals surface area (Å²) in [6, 6.07) is 15.4. The molecule has 0 spiro atoms. The number of hydrogen-bond donors (Lipinski definition) is 3. The van der Waals surface area contributed by atoms with Gasteiger partial charge < -0.3 is 20.3 Å². The van der Waals surface area contributed by atoms with Crippen molar-refractivity contribution in [1.29, 1.82) is 0 Å². The SMILES string of the molecule is OB1OCc2ccc(NC(=S)Nc3ccccc3)cc21. The fourth-order valence-corrected chi connectivity index (χ4v) is 2.34. The highest BCUT2D eigenvalue weighted by molar-refractivity contribution is 7.80. The Hall–Kier alpha value is -1.89. The lowest BCUT2D eigenvalue weighted by atomic mass is 9.79. The van der Waals surface area contributed by atoms with Gasteiger partial charge in [-0.1, -0.05) is 24.3 Å². The molecule has 0 bridgehead atoms. The smallest absolute Gasteiger partial charge is 0.423 e. The Morgan fingerprint density at radius 2 is 1.85 bits per heavy atom. The Kier molecular flexibility index (Phi) is 3.69. The minimum atomic E-state index is -0.845. The van der Waals surface area contributed by atoms with Crippen LogP contribution in [0.5, 0.6) is 0 Å². The van der Waals surface area contributed by atoms with Crippen molar-refractivity contribution in [3.63, 3.8) is 0 Å². The molecule has 100 valence electrons. The zero-order valence-electron chi connectivity index (χ0n) is 10.7. The van der Waals surface area contributed by atoms with Crippen LogP contribution in [0.25, 0.3) is 0 Å². The summed E-state index contributed by atoms with van der Waals surface area (Å²) in [5, 5.41) is 16.4. The summed E-state index contributed by atoms with van der Waals surface area (Å²) >= 11 is 5.26. The van der Waals surface area contributed by atoms with Crippen molar-refractivity contribution < 1.29 is 9.68 Å². The lowest BCUT2D eigenvalue weighted by molar-refractivity contribution is 0.275. The van der Waals surface area contributed by atoms with Gasteiger partial charge in [-0.25, -0.2) is 0 Å². The molecule has 4 nitrogen and oxygen atoms in total. The predicted molar refractivity (Wildman–Crippen MR) is 85.1 cm³/mol. The summed E-state index contributed by atoms with van der Waals surface area (Å²) in [7, 11) is -0.845. The molecule has 2 aromatic carbocycles. The van der Waals surface area contributed by atoms with E-state index in [4.69, 9.17) is 16.9 Å². The van der Waals surface area contributed by atoms with Crippen molar-refractivity contribution >= 4 is 41.3 Å². The maximum atomic E-state index is 9.68. The molecule has 1 heterocycles. The van der Waals surface area contributed by atoms with E-state index in [0.29, 0.717) is 11.7 Å². The number of hydrogen-bond acceptors (Lipinski definition) is 3. The number of rotatable bonds is 2. The molecule has 0 saturated carbocycles. The molecule has 0 saturated heterocycles. The fraction of sp³-hybridized carbons (Fsp3) is 0.0714. The minimum absolute atomic E-state index is 0.448. The third-order valence-corrected chi connectivity index (χ3v) is 3.30. The maximum Gasteiger partial charge on any atom is 0.491 e. The number of thiocarbonyl (C=S) groups is 1. The molecule has 1 aliphatic rings. The molecule has 3 N–H and O–H groups in total. The van der Waals surface area contributed by atoms with Crippen molar-refractivity contribution in [2.75, 3.05) is 10.6 Å². The quantitative estimate of drug-likeness (QED) is 0.579. The van der Waals surface area contributed by atoms with Crippen molar-refractivity contribution in [3.8, 4) is 0 Å². The highest BCUT2D eigenvalue weighted by Gasteiger charge is 2.27. The second-order valence-corrected chi connectivity index (χ2v) is 4.93. The zero-order chi connectivity index (χ0) is 13.9. The molecule has 0 unspecified atom stereocenters. The third-order valence-electron chi connectivity index (χ3n) is 3.10. The van der Waals surface area contributed by atoms with E-state index in [1.54, 1.807) is 0 Å². The summed E-state index contributed by atoms with van der Waals surface area (Å²) in [6.45, 7) is 0.448. The van der Waals surface area contributed by atoms with Crippen molar-refractivity contribution in [2.45, 2.75) is 6.61 Å². The monoisotopic (exact) mass is 284 g/mol. The van der Waals surface area contributed by atoms with Crippen LogP contribution in [0.3, 0.4) is 0 Å². The van der Waals surface area contributed by atoms with Crippen molar-refractivity contribution in [3.05, 3.63) is 54.1 Å². The second kappa shape index (κ2) is 5.62. The van der Waals surface area contributed by atoms with Crippen molar-refractivity contribution in [1.82, 2.24) is 0 Å². The van der Waals surface area contributed by atoms with Gasteiger partial charge in [0.05, 0.1) is 6.61 Å². The van der Waals surface area contributed by atoms with E-state index in [2.05, 4.69) is 10.6 Å². The summed E-state index contributed by atoms with van der Waals surface area (Å²) in [5.74, 6) is 0. The van der Waals surface area contributed by atoms with Crippen molar-refractivity contribution in [2.24, 2.45) is 0 Å². The van der Waals surface area contributed by atoms with Gasteiger partial charge in [0.25, 0.3) is 0 Å². The zero-order valence-corrected chi connectivity index (χ0v) is 11.5. The second-order valence-electron chi connectivity index (χ2n) is 4.52. The van der Waals surface area contributed by atoms with Gasteiger partial charge in [-0.15, -0.1) is 0 Å². The Labute approximate surface area is 122 Å². The molecule has 6 heteroatoms. The van der Waals surface area contributed by atoms with E-state index in [9.17, 15) is 5.02 Å². The fourth-order valence-electron chi connectivity index (χ4n) is 2.11. The first-order chi connectivity index (χ1) is 9.72. The van der Waals surface area contributed by atoms with Gasteiger partial charge in [0, 0.05) is 11.4 Å². The van der Waals surface area contributed by atoms with E-state index in [0.717, 1.165) is 22.4 Å². The van der Waals surface area contributed by atoms with E-state index < -0.39 is 7.12 Å². The van der Waals surface area contributed by atoms with E-state index >= 15 is 0 Å². The van der Waals surface area contributed by atoms with Gasteiger partial charge in [0.1, 0.15) is 0 Å². The molecule has 20 heavy (non-hydrogen) atoms. The maximum absolute atomic E-state index is 9.68. The van der Waals surface area contributed by atoms with Crippen LogP contribution in [0.2, 0.25) is 0 Å². The minimum Gasteiger partial charge on any atom is -0.423 e. The lowest BCUT2D eigenvalue weighted by Crippen LogP contribution is -2.29. The largest absolute Gasteiger partial charge is 0.491 e. The van der Waals surface area contributed by atoms with E-state index in [-0.39, 0.29) is 0 Å². The van der Waals surface area contributed by atoms with Crippen LogP contribution in [-0.4, -0.2) is 17.3 Å². The molecule has 0 radical (unpaired) electrons. The molecule has 0 atom stereocenters. The third kappa shape index (κ3) is 2.82. The first-order valence-electron chi connectivity index (χ1n) is 6.28. The number of anilines is 2. The van der Waals surface area contributed by atoms with Crippen LogP contribution in [0.15, 0.2) is 48.5 Å². The number of nitrogens with one attached hydrogen (secondary N) is 2. The number of fused-ring (bicyclic) bond motifs is 1. The van der Waals surface area contributed by atoms with E-state index in [1.165, 1.54) is 0 Å². The highest BCUT2D eigenvalue weighted by Crippen LogP contribution is 2.15. The summed E-state index contributed by atoms with van der Waals surface area (Å²) in [6.07, 6.45) is 0. The van der Waals surface area contributed by atoms with Gasteiger partial charge in [-0.05, 0) is 47.5 Å². The molecule has 2 aromatic rings. The average molecular weight is 284 g/mol. The van der Waals surface area contributed by atoms with Crippen LogP contribution >= 0.6 is 12.2 Å². The Balaban J connectivity index is 1.69.